The highest BCUT2D eigenvalue weighted by atomic mass is 15.1. The lowest BCUT2D eigenvalue weighted by Crippen LogP contribution is -2.35. The van der Waals surface area contributed by atoms with Crippen LogP contribution in [0.3, 0.4) is 0 Å². The molecule has 1 rings (SSSR count). The van der Waals surface area contributed by atoms with Gasteiger partial charge >= 0.3 is 0 Å². The first kappa shape index (κ1) is 10.8. The molecule has 0 saturated carbocycles. The zero-order valence-electron chi connectivity index (χ0n) is 9.04. The van der Waals surface area contributed by atoms with Gasteiger partial charge in [-0.15, -0.1) is 6.42 Å². The van der Waals surface area contributed by atoms with Crippen molar-refractivity contribution in [2.24, 2.45) is 0 Å². The largest absolute Gasteiger partial charge is 0.322 e. The average molecular weight is 191 g/mol. The summed E-state index contributed by atoms with van der Waals surface area (Å²) in [5.41, 5.74) is 1.24. The number of nitrogens with one attached hydrogen (secondary N) is 1. The Kier molecular flexibility index (Phi) is 3.32. The van der Waals surface area contributed by atoms with Gasteiger partial charge in [-0.05, 0) is 20.8 Å². The standard InChI is InChI=1S/C11H17N3/c1-5-6-14-9-12-7-10(14)8-13-11(2,3)4/h1,7,9,13H,6,8H2,2-4H3. The van der Waals surface area contributed by atoms with E-state index in [0.717, 1.165) is 12.2 Å². The van der Waals surface area contributed by atoms with Crippen LogP contribution >= 0.6 is 0 Å². The van der Waals surface area contributed by atoms with Crippen molar-refractivity contribution in [3.63, 3.8) is 0 Å². The number of imidazole rings is 1. The number of hydrogen-bond acceptors (Lipinski definition) is 2. The fourth-order valence-electron chi connectivity index (χ4n) is 1.09. The van der Waals surface area contributed by atoms with Gasteiger partial charge in [-0.25, -0.2) is 4.98 Å². The molecule has 1 N–H and O–H groups in total. The molecule has 0 amide bonds. The molecule has 0 radical (unpaired) electrons. The number of rotatable bonds is 3. The minimum atomic E-state index is 0.116. The first-order valence-corrected chi connectivity index (χ1v) is 4.70. The molecular formula is C11H17N3. The molecule has 3 heteroatoms. The van der Waals surface area contributed by atoms with Crippen molar-refractivity contribution in [2.45, 2.75) is 39.4 Å². The second kappa shape index (κ2) is 4.30. The van der Waals surface area contributed by atoms with E-state index in [4.69, 9.17) is 6.42 Å². The molecule has 0 aliphatic rings. The fourth-order valence-corrected chi connectivity index (χ4v) is 1.09. The SMILES string of the molecule is C#CCn1cncc1CNC(C)(C)C. The van der Waals surface area contributed by atoms with E-state index in [2.05, 4.69) is 37.0 Å². The van der Waals surface area contributed by atoms with Crippen LogP contribution in [0.4, 0.5) is 0 Å². The predicted molar refractivity (Wildman–Crippen MR) is 57.7 cm³/mol. The Morgan fingerprint density at radius 2 is 2.29 bits per heavy atom. The summed E-state index contributed by atoms with van der Waals surface area (Å²) >= 11 is 0. The normalized spacial score (nSPS) is 11.3. The van der Waals surface area contributed by atoms with Crippen molar-refractivity contribution in [1.82, 2.24) is 14.9 Å². The van der Waals surface area contributed by atoms with Crippen molar-refractivity contribution in [3.05, 3.63) is 18.2 Å². The topological polar surface area (TPSA) is 29.9 Å². The molecule has 0 aliphatic heterocycles. The molecule has 76 valence electrons. The van der Waals surface area contributed by atoms with Crippen LogP contribution in [0.15, 0.2) is 12.5 Å². The highest BCUT2D eigenvalue weighted by molar-refractivity contribution is 5.02. The van der Waals surface area contributed by atoms with Gasteiger partial charge in [0, 0.05) is 18.3 Å². The Morgan fingerprint density at radius 3 is 2.86 bits per heavy atom. The lowest BCUT2D eigenvalue weighted by Gasteiger charge is -2.20. The molecular weight excluding hydrogens is 174 g/mol. The first-order chi connectivity index (χ1) is 6.53. The fraction of sp³-hybridized carbons (Fsp3) is 0.545. The summed E-state index contributed by atoms with van der Waals surface area (Å²) in [5, 5.41) is 3.39. The Balaban J connectivity index is 2.59. The van der Waals surface area contributed by atoms with E-state index in [0.29, 0.717) is 6.54 Å². The first-order valence-electron chi connectivity index (χ1n) is 4.70. The Hall–Kier alpha value is -1.27. The van der Waals surface area contributed by atoms with Gasteiger partial charge in [-0.1, -0.05) is 5.92 Å². The van der Waals surface area contributed by atoms with Gasteiger partial charge in [0.1, 0.15) is 0 Å². The molecule has 0 aromatic carbocycles. The summed E-state index contributed by atoms with van der Waals surface area (Å²) in [4.78, 5) is 4.07. The van der Waals surface area contributed by atoms with Crippen molar-refractivity contribution in [3.8, 4) is 12.3 Å². The molecule has 1 heterocycles. The lowest BCUT2D eigenvalue weighted by molar-refractivity contribution is 0.417. The van der Waals surface area contributed by atoms with Crippen LogP contribution in [-0.4, -0.2) is 15.1 Å². The maximum absolute atomic E-state index is 5.25. The second-order valence-electron chi connectivity index (χ2n) is 4.32. The van der Waals surface area contributed by atoms with Crippen molar-refractivity contribution in [1.29, 1.82) is 0 Å². The van der Waals surface area contributed by atoms with Crippen molar-refractivity contribution < 1.29 is 0 Å². The van der Waals surface area contributed by atoms with Gasteiger partial charge in [-0.3, -0.25) is 0 Å². The molecule has 14 heavy (non-hydrogen) atoms. The lowest BCUT2D eigenvalue weighted by atomic mass is 10.1. The Bertz CT molecular complexity index is 325. The van der Waals surface area contributed by atoms with E-state index in [-0.39, 0.29) is 5.54 Å². The van der Waals surface area contributed by atoms with Crippen LogP contribution in [0.5, 0.6) is 0 Å². The molecule has 1 aromatic heterocycles. The number of aromatic nitrogens is 2. The second-order valence-corrected chi connectivity index (χ2v) is 4.32. The van der Waals surface area contributed by atoms with Gasteiger partial charge in [0.15, 0.2) is 0 Å². The van der Waals surface area contributed by atoms with Gasteiger partial charge < -0.3 is 9.88 Å². The summed E-state index contributed by atoms with van der Waals surface area (Å²) in [6, 6.07) is 0. The molecule has 1 aromatic rings. The maximum Gasteiger partial charge on any atom is 0.0957 e. The molecule has 0 fully saturated rings. The van der Waals surface area contributed by atoms with Gasteiger partial charge in [-0.2, -0.15) is 0 Å². The van der Waals surface area contributed by atoms with Crippen LogP contribution in [-0.2, 0) is 13.1 Å². The van der Waals surface area contributed by atoms with E-state index in [1.165, 1.54) is 0 Å². The number of nitrogens with zero attached hydrogens (tertiary/aromatic N) is 2. The predicted octanol–water partition coefficient (Wildman–Crippen LogP) is 1.40. The third-order valence-corrected chi connectivity index (χ3v) is 1.86. The van der Waals surface area contributed by atoms with Crippen LogP contribution < -0.4 is 5.32 Å². The summed E-state index contributed by atoms with van der Waals surface area (Å²) in [5.74, 6) is 2.60. The molecule has 0 bridgehead atoms. The van der Waals surface area contributed by atoms with Gasteiger partial charge in [0.25, 0.3) is 0 Å². The van der Waals surface area contributed by atoms with Crippen molar-refractivity contribution in [2.75, 3.05) is 0 Å². The Labute approximate surface area is 85.5 Å². The quantitative estimate of drug-likeness (QED) is 0.732. The zero-order chi connectivity index (χ0) is 10.6. The van der Waals surface area contributed by atoms with E-state index >= 15 is 0 Å². The third-order valence-electron chi connectivity index (χ3n) is 1.86. The minimum absolute atomic E-state index is 0.116. The molecule has 0 aliphatic carbocycles. The summed E-state index contributed by atoms with van der Waals surface area (Å²) in [6.07, 6.45) is 8.86. The summed E-state index contributed by atoms with van der Waals surface area (Å²) in [7, 11) is 0. The highest BCUT2D eigenvalue weighted by Crippen LogP contribution is 2.03. The Morgan fingerprint density at radius 1 is 1.57 bits per heavy atom. The summed E-state index contributed by atoms with van der Waals surface area (Å²) < 4.78 is 1.97. The molecule has 0 unspecified atom stereocenters. The average Bonchev–Trinajstić information content (AvgIpc) is 2.48. The number of terminal acetylenes is 1. The van der Waals surface area contributed by atoms with Crippen LogP contribution in [0, 0.1) is 12.3 Å². The highest BCUT2D eigenvalue weighted by Gasteiger charge is 2.09. The smallest absolute Gasteiger partial charge is 0.0957 e. The number of hydrogen-bond donors (Lipinski definition) is 1. The van der Waals surface area contributed by atoms with Crippen LogP contribution in [0.2, 0.25) is 0 Å². The van der Waals surface area contributed by atoms with E-state index < -0.39 is 0 Å². The summed E-state index contributed by atoms with van der Waals surface area (Å²) in [6.45, 7) is 7.78. The third kappa shape index (κ3) is 3.23. The van der Waals surface area contributed by atoms with E-state index in [1.807, 2.05) is 10.8 Å². The monoisotopic (exact) mass is 191 g/mol. The van der Waals surface area contributed by atoms with Gasteiger partial charge in [0.05, 0.1) is 18.6 Å². The zero-order valence-corrected chi connectivity index (χ0v) is 9.04. The van der Waals surface area contributed by atoms with E-state index in [9.17, 15) is 0 Å². The minimum Gasteiger partial charge on any atom is -0.322 e. The molecule has 0 saturated heterocycles. The van der Waals surface area contributed by atoms with Gasteiger partial charge in [0.2, 0.25) is 0 Å². The molecule has 0 atom stereocenters. The molecule has 0 spiro atoms. The van der Waals surface area contributed by atoms with Crippen LogP contribution in [0.1, 0.15) is 26.5 Å². The maximum atomic E-state index is 5.25. The van der Waals surface area contributed by atoms with E-state index in [1.54, 1.807) is 6.33 Å². The van der Waals surface area contributed by atoms with Crippen LogP contribution in [0.25, 0.3) is 0 Å². The van der Waals surface area contributed by atoms with Crippen molar-refractivity contribution >= 4 is 0 Å². The molecule has 3 nitrogen and oxygen atoms in total.